The molecule has 2 unspecified atom stereocenters. The quantitative estimate of drug-likeness (QED) is 0.0237. The summed E-state index contributed by atoms with van der Waals surface area (Å²) in [5.41, 5.74) is 0. The Kier molecular flexibility index (Phi) is 32.8. The Hall–Kier alpha value is -3.59. The molecular weight excluding hydrogens is 701 g/mol. The molecule has 54 heavy (non-hydrogen) atoms. The van der Waals surface area contributed by atoms with Crippen molar-refractivity contribution in [3.05, 3.63) is 122 Å². The maximum Gasteiger partial charge on any atom is 0.472 e. The highest BCUT2D eigenvalue weighted by Gasteiger charge is 2.27. The van der Waals surface area contributed by atoms with Gasteiger partial charge in [0.1, 0.15) is 19.8 Å². The molecule has 0 bridgehead atoms. The van der Waals surface area contributed by atoms with Crippen molar-refractivity contribution in [2.75, 3.05) is 47.5 Å². The standard InChI is InChI=1S/C44H68NO8P/c1-6-8-10-12-14-16-18-20-21-22-23-25-26-28-30-32-34-36-43(46)50-40-42(41-52-54(48,49)51-39-38-45(3,4)5)53-44(47)37-35-33-31-29-27-24-19-17-15-13-11-9-7-2/h8-27,42H,6-7,28-41H2,1-5H3/p+1/b10-8+,11-9+,14-12+,15-13+,18-16+,19-17+,21-20+,23-22+,26-25+,27-24+. The van der Waals surface area contributed by atoms with Gasteiger partial charge in [-0.25, -0.2) is 4.57 Å². The summed E-state index contributed by atoms with van der Waals surface area (Å²) in [6.45, 7) is 3.97. The summed E-state index contributed by atoms with van der Waals surface area (Å²) < 4.78 is 34.1. The second-order valence-electron chi connectivity index (χ2n) is 13.4. The monoisotopic (exact) mass is 770 g/mol. The Labute approximate surface area is 327 Å². The van der Waals surface area contributed by atoms with Crippen molar-refractivity contribution in [2.24, 2.45) is 0 Å². The van der Waals surface area contributed by atoms with Gasteiger partial charge in [0.2, 0.25) is 0 Å². The molecule has 0 saturated heterocycles. The lowest BCUT2D eigenvalue weighted by Gasteiger charge is -2.24. The maximum atomic E-state index is 12.6. The number of carbonyl (C=O) groups excluding carboxylic acids is 2. The molecule has 10 heteroatoms. The number of hydrogen-bond acceptors (Lipinski definition) is 7. The third-order valence-corrected chi connectivity index (χ3v) is 8.23. The second kappa shape index (κ2) is 35.1. The summed E-state index contributed by atoms with van der Waals surface area (Å²) >= 11 is 0. The minimum Gasteiger partial charge on any atom is -0.462 e. The Morgan fingerprint density at radius 1 is 0.574 bits per heavy atom. The van der Waals surface area contributed by atoms with Gasteiger partial charge in [-0.3, -0.25) is 18.6 Å². The number of phosphoric ester groups is 1. The van der Waals surface area contributed by atoms with Crippen LogP contribution < -0.4 is 0 Å². The van der Waals surface area contributed by atoms with Crippen LogP contribution in [0, 0.1) is 0 Å². The van der Waals surface area contributed by atoms with E-state index in [4.69, 9.17) is 18.5 Å². The molecule has 2 atom stereocenters. The van der Waals surface area contributed by atoms with E-state index >= 15 is 0 Å². The Morgan fingerprint density at radius 3 is 1.44 bits per heavy atom. The molecule has 0 amide bonds. The average Bonchev–Trinajstić information content (AvgIpc) is 3.12. The third kappa shape index (κ3) is 38.1. The van der Waals surface area contributed by atoms with E-state index in [2.05, 4.69) is 38.2 Å². The lowest BCUT2D eigenvalue weighted by molar-refractivity contribution is -0.870. The van der Waals surface area contributed by atoms with Crippen LogP contribution in [0.3, 0.4) is 0 Å². The Morgan fingerprint density at radius 2 is 1.00 bits per heavy atom. The first-order chi connectivity index (χ1) is 26.0. The molecule has 9 nitrogen and oxygen atoms in total. The zero-order valence-corrected chi connectivity index (χ0v) is 34.5. The number of carbonyl (C=O) groups is 2. The number of phosphoric acid groups is 1. The van der Waals surface area contributed by atoms with Crippen LogP contribution in [-0.2, 0) is 32.7 Å². The van der Waals surface area contributed by atoms with Crippen LogP contribution in [0.4, 0.5) is 0 Å². The number of rotatable bonds is 32. The van der Waals surface area contributed by atoms with Gasteiger partial charge < -0.3 is 18.9 Å². The van der Waals surface area contributed by atoms with E-state index in [1.807, 2.05) is 118 Å². The average molecular weight is 771 g/mol. The second-order valence-corrected chi connectivity index (χ2v) is 14.9. The fourth-order valence-electron chi connectivity index (χ4n) is 4.23. The van der Waals surface area contributed by atoms with Crippen LogP contribution in [0.2, 0.25) is 0 Å². The van der Waals surface area contributed by atoms with Crippen molar-refractivity contribution in [3.8, 4) is 0 Å². The molecule has 0 heterocycles. The van der Waals surface area contributed by atoms with Gasteiger partial charge in [-0.15, -0.1) is 0 Å². The van der Waals surface area contributed by atoms with Gasteiger partial charge in [0.15, 0.2) is 6.10 Å². The fourth-order valence-corrected chi connectivity index (χ4v) is 4.97. The summed E-state index contributed by atoms with van der Waals surface area (Å²) in [6, 6.07) is 0. The summed E-state index contributed by atoms with van der Waals surface area (Å²) in [4.78, 5) is 35.2. The van der Waals surface area contributed by atoms with Gasteiger partial charge in [0.25, 0.3) is 0 Å². The predicted octanol–water partition coefficient (Wildman–Crippen LogP) is 10.6. The van der Waals surface area contributed by atoms with E-state index in [0.29, 0.717) is 23.9 Å². The van der Waals surface area contributed by atoms with Gasteiger partial charge in [0, 0.05) is 12.8 Å². The Bertz CT molecular complexity index is 1330. The lowest BCUT2D eigenvalue weighted by Crippen LogP contribution is -2.37. The number of quaternary nitrogens is 1. The number of likely N-dealkylation sites (N-methyl/N-ethyl adjacent to an activating group) is 1. The van der Waals surface area contributed by atoms with Crippen LogP contribution in [0.5, 0.6) is 0 Å². The number of hydrogen-bond donors (Lipinski definition) is 1. The van der Waals surface area contributed by atoms with E-state index in [0.717, 1.165) is 51.4 Å². The number of unbranched alkanes of at least 4 members (excludes halogenated alkanes) is 6. The van der Waals surface area contributed by atoms with Gasteiger partial charge >= 0.3 is 19.8 Å². The molecule has 0 rings (SSSR count). The lowest BCUT2D eigenvalue weighted by atomic mass is 10.1. The first-order valence-corrected chi connectivity index (χ1v) is 20.9. The highest BCUT2D eigenvalue weighted by Crippen LogP contribution is 2.43. The van der Waals surface area contributed by atoms with Gasteiger partial charge in [0.05, 0.1) is 27.7 Å². The van der Waals surface area contributed by atoms with Crippen molar-refractivity contribution in [3.63, 3.8) is 0 Å². The van der Waals surface area contributed by atoms with Crippen LogP contribution >= 0.6 is 7.82 Å². The smallest absolute Gasteiger partial charge is 0.462 e. The molecule has 0 aliphatic carbocycles. The molecule has 0 saturated carbocycles. The number of ether oxygens (including phenoxy) is 2. The van der Waals surface area contributed by atoms with E-state index in [1.54, 1.807) is 0 Å². The SMILES string of the molecule is CC/C=C/C=C/C=C/C=C/C=C/C=C/CCCCCC(=O)OCC(COP(=O)(O)OCC[N+](C)(C)C)OC(=O)CCCCC/C=C/C=C/C=C/C=C/CC. The van der Waals surface area contributed by atoms with Gasteiger partial charge in [-0.1, -0.05) is 148 Å². The van der Waals surface area contributed by atoms with Gasteiger partial charge in [-0.05, 0) is 51.4 Å². The molecular formula is C44H69NO8P+. The van der Waals surface area contributed by atoms with E-state index < -0.39 is 32.5 Å². The molecule has 0 fully saturated rings. The summed E-state index contributed by atoms with van der Waals surface area (Å²) in [7, 11) is 1.39. The molecule has 0 aromatic heterocycles. The molecule has 302 valence electrons. The zero-order chi connectivity index (χ0) is 40.0. The first-order valence-electron chi connectivity index (χ1n) is 19.4. The van der Waals surface area contributed by atoms with E-state index in [1.165, 1.54) is 0 Å². The maximum absolute atomic E-state index is 12.6. The van der Waals surface area contributed by atoms with Crippen molar-refractivity contribution in [1.29, 1.82) is 0 Å². The molecule has 0 aromatic rings. The van der Waals surface area contributed by atoms with Crippen molar-refractivity contribution >= 4 is 19.8 Å². The summed E-state index contributed by atoms with van der Waals surface area (Å²) in [5.74, 6) is -0.915. The highest BCUT2D eigenvalue weighted by molar-refractivity contribution is 7.47. The molecule has 1 N–H and O–H groups in total. The normalized spacial score (nSPS) is 15.0. The number of esters is 2. The first kappa shape index (κ1) is 50.4. The molecule has 0 radical (unpaired) electrons. The van der Waals surface area contributed by atoms with E-state index in [-0.39, 0.29) is 26.1 Å². The number of nitrogens with zero attached hydrogens (tertiary/aromatic N) is 1. The van der Waals surface area contributed by atoms with Gasteiger partial charge in [-0.2, -0.15) is 0 Å². The molecule has 0 aliphatic rings. The molecule has 0 spiro atoms. The summed E-state index contributed by atoms with van der Waals surface area (Å²) in [6.07, 6.45) is 48.2. The fraction of sp³-hybridized carbons (Fsp3) is 0.500. The number of allylic oxidation sites excluding steroid dienone is 20. The van der Waals surface area contributed by atoms with Crippen molar-refractivity contribution in [2.45, 2.75) is 97.0 Å². The predicted molar refractivity (Wildman–Crippen MR) is 224 cm³/mol. The highest BCUT2D eigenvalue weighted by atomic mass is 31.2. The largest absolute Gasteiger partial charge is 0.472 e. The van der Waals surface area contributed by atoms with Crippen LogP contribution in [0.1, 0.15) is 90.9 Å². The van der Waals surface area contributed by atoms with E-state index in [9.17, 15) is 19.0 Å². The molecule has 0 aromatic carbocycles. The Balaban J connectivity index is 4.63. The van der Waals surface area contributed by atoms with Crippen LogP contribution in [0.15, 0.2) is 122 Å². The minimum absolute atomic E-state index is 0.00746. The third-order valence-electron chi connectivity index (χ3n) is 7.24. The van der Waals surface area contributed by atoms with Crippen LogP contribution in [0.25, 0.3) is 0 Å². The van der Waals surface area contributed by atoms with Crippen LogP contribution in [-0.4, -0.2) is 74.9 Å². The van der Waals surface area contributed by atoms with Crippen molar-refractivity contribution in [1.82, 2.24) is 0 Å². The molecule has 0 aliphatic heterocycles. The summed E-state index contributed by atoms with van der Waals surface area (Å²) in [5, 5.41) is 0. The topological polar surface area (TPSA) is 108 Å². The minimum atomic E-state index is -4.40. The zero-order valence-electron chi connectivity index (χ0n) is 33.6. The van der Waals surface area contributed by atoms with Crippen molar-refractivity contribution < 1.29 is 42.1 Å².